The average molecular weight is 314 g/mol. The van der Waals surface area contributed by atoms with Crippen LogP contribution in [-0.2, 0) is 4.79 Å². The molecule has 7 nitrogen and oxygen atoms in total. The molecule has 1 spiro atoms. The summed E-state index contributed by atoms with van der Waals surface area (Å²) < 4.78 is 0. The smallest absolute Gasteiger partial charge is 0.224 e. The molecule has 2 aliphatic rings. The van der Waals surface area contributed by atoms with Gasteiger partial charge < -0.3 is 20.5 Å². The van der Waals surface area contributed by atoms with Crippen molar-refractivity contribution in [1.82, 2.24) is 19.9 Å². The third-order valence-electron chi connectivity index (χ3n) is 5.11. The summed E-state index contributed by atoms with van der Waals surface area (Å²) in [5.74, 6) is 1.15. The quantitative estimate of drug-likeness (QED) is 0.877. The number of anilines is 1. The molecule has 1 amide bonds. The summed E-state index contributed by atoms with van der Waals surface area (Å²) in [5.41, 5.74) is 6.40. The first kappa shape index (κ1) is 14.4. The number of aromatic amines is 1. The Kier molecular flexibility index (Phi) is 3.26. The SMILES string of the molecule is CC1CN(C(=O)CCN)C2(CC2)CN1c1ncnc2[nH]ccc12. The fraction of sp³-hybridized carbons (Fsp3) is 0.562. The van der Waals surface area contributed by atoms with Crippen molar-refractivity contribution in [2.45, 2.75) is 37.8 Å². The van der Waals surface area contributed by atoms with E-state index in [9.17, 15) is 4.79 Å². The van der Waals surface area contributed by atoms with Gasteiger partial charge in [0.1, 0.15) is 17.8 Å². The minimum atomic E-state index is -0.0215. The van der Waals surface area contributed by atoms with Crippen molar-refractivity contribution in [2.75, 3.05) is 24.5 Å². The maximum absolute atomic E-state index is 12.4. The highest BCUT2D eigenvalue weighted by Crippen LogP contribution is 2.46. The van der Waals surface area contributed by atoms with Crippen LogP contribution < -0.4 is 10.6 Å². The van der Waals surface area contributed by atoms with Crippen molar-refractivity contribution in [3.63, 3.8) is 0 Å². The molecule has 1 atom stereocenters. The molecule has 7 heteroatoms. The second kappa shape index (κ2) is 5.19. The predicted octanol–water partition coefficient (Wildman–Crippen LogP) is 0.876. The van der Waals surface area contributed by atoms with Crippen LogP contribution in [0.15, 0.2) is 18.6 Å². The fourth-order valence-corrected chi connectivity index (χ4v) is 3.68. The number of nitrogens with one attached hydrogen (secondary N) is 1. The van der Waals surface area contributed by atoms with Gasteiger partial charge in [0, 0.05) is 38.3 Å². The van der Waals surface area contributed by atoms with E-state index in [0.29, 0.717) is 13.0 Å². The van der Waals surface area contributed by atoms with E-state index < -0.39 is 0 Å². The Balaban J connectivity index is 1.65. The van der Waals surface area contributed by atoms with Crippen molar-refractivity contribution in [3.8, 4) is 0 Å². The minimum absolute atomic E-state index is 0.0215. The van der Waals surface area contributed by atoms with Gasteiger partial charge in [-0.2, -0.15) is 0 Å². The van der Waals surface area contributed by atoms with Crippen LogP contribution in [0, 0.1) is 0 Å². The number of nitrogens with zero attached hydrogens (tertiary/aromatic N) is 4. The molecule has 0 bridgehead atoms. The standard InChI is InChI=1S/C16H22N6O/c1-11-8-22(13(23)2-6-17)16(4-5-16)9-21(11)15-12-3-7-18-14(12)19-10-20-15/h3,7,10-11H,2,4-6,8-9,17H2,1H3,(H,18,19,20). The molecule has 4 rings (SSSR count). The van der Waals surface area contributed by atoms with Crippen LogP contribution in [0.1, 0.15) is 26.2 Å². The fourth-order valence-electron chi connectivity index (χ4n) is 3.68. The first-order valence-electron chi connectivity index (χ1n) is 8.20. The number of aromatic nitrogens is 3. The zero-order chi connectivity index (χ0) is 16.0. The third-order valence-corrected chi connectivity index (χ3v) is 5.11. The molecule has 0 aromatic carbocycles. The van der Waals surface area contributed by atoms with E-state index in [-0.39, 0.29) is 17.5 Å². The Morgan fingerprint density at radius 3 is 3.04 bits per heavy atom. The van der Waals surface area contributed by atoms with Crippen LogP contribution in [0.5, 0.6) is 0 Å². The molecular formula is C16H22N6O. The van der Waals surface area contributed by atoms with Gasteiger partial charge in [-0.3, -0.25) is 4.79 Å². The Bertz CT molecular complexity index is 737. The normalized spacial score (nSPS) is 22.8. The van der Waals surface area contributed by atoms with Gasteiger partial charge in [0.05, 0.1) is 10.9 Å². The Hall–Kier alpha value is -2.15. The van der Waals surface area contributed by atoms with Crippen LogP contribution in [0.25, 0.3) is 11.0 Å². The molecule has 2 fully saturated rings. The number of hydrogen-bond acceptors (Lipinski definition) is 5. The van der Waals surface area contributed by atoms with Gasteiger partial charge in [0.15, 0.2) is 0 Å². The number of carbonyl (C=O) groups is 1. The zero-order valence-corrected chi connectivity index (χ0v) is 13.3. The zero-order valence-electron chi connectivity index (χ0n) is 13.3. The van der Waals surface area contributed by atoms with Gasteiger partial charge in [0.2, 0.25) is 5.91 Å². The highest BCUT2D eigenvalue weighted by molar-refractivity contribution is 5.88. The Labute approximate surface area is 134 Å². The number of nitrogens with two attached hydrogens (primary N) is 1. The molecule has 1 saturated carbocycles. The first-order chi connectivity index (χ1) is 11.1. The molecule has 23 heavy (non-hydrogen) atoms. The summed E-state index contributed by atoms with van der Waals surface area (Å²) in [5, 5.41) is 1.04. The number of fused-ring (bicyclic) bond motifs is 1. The van der Waals surface area contributed by atoms with Crippen LogP contribution >= 0.6 is 0 Å². The van der Waals surface area contributed by atoms with E-state index in [1.165, 1.54) is 0 Å². The van der Waals surface area contributed by atoms with Crippen LogP contribution in [0.2, 0.25) is 0 Å². The summed E-state index contributed by atoms with van der Waals surface area (Å²) in [4.78, 5) is 28.7. The molecule has 122 valence electrons. The molecule has 1 unspecified atom stereocenters. The molecule has 2 aromatic heterocycles. The van der Waals surface area contributed by atoms with E-state index in [2.05, 4.69) is 31.7 Å². The molecule has 2 aromatic rings. The lowest BCUT2D eigenvalue weighted by atomic mass is 10.0. The van der Waals surface area contributed by atoms with Gasteiger partial charge >= 0.3 is 0 Å². The third kappa shape index (κ3) is 2.26. The summed E-state index contributed by atoms with van der Waals surface area (Å²) in [6.07, 6.45) is 6.06. The molecule has 1 saturated heterocycles. The number of H-pyrrole nitrogens is 1. The van der Waals surface area contributed by atoms with Gasteiger partial charge in [0.25, 0.3) is 0 Å². The van der Waals surface area contributed by atoms with E-state index in [0.717, 1.165) is 42.8 Å². The second-order valence-electron chi connectivity index (χ2n) is 6.68. The molecule has 3 N–H and O–H groups in total. The van der Waals surface area contributed by atoms with Crippen molar-refractivity contribution < 1.29 is 4.79 Å². The highest BCUT2D eigenvalue weighted by Gasteiger charge is 2.54. The maximum atomic E-state index is 12.4. The maximum Gasteiger partial charge on any atom is 0.224 e. The monoisotopic (exact) mass is 314 g/mol. The number of rotatable bonds is 3. The van der Waals surface area contributed by atoms with Crippen molar-refractivity contribution in [2.24, 2.45) is 5.73 Å². The van der Waals surface area contributed by atoms with Crippen LogP contribution in [0.4, 0.5) is 5.82 Å². The summed E-state index contributed by atoms with van der Waals surface area (Å²) >= 11 is 0. The van der Waals surface area contributed by atoms with Gasteiger partial charge in [-0.15, -0.1) is 0 Å². The number of hydrogen-bond donors (Lipinski definition) is 2. The van der Waals surface area contributed by atoms with Gasteiger partial charge in [-0.1, -0.05) is 0 Å². The number of piperazine rings is 1. The van der Waals surface area contributed by atoms with Crippen LogP contribution in [0.3, 0.4) is 0 Å². The number of amides is 1. The molecule has 3 heterocycles. The topological polar surface area (TPSA) is 91.1 Å². The molecule has 1 aliphatic heterocycles. The second-order valence-corrected chi connectivity index (χ2v) is 6.68. The molecule has 1 aliphatic carbocycles. The summed E-state index contributed by atoms with van der Waals surface area (Å²) in [6.45, 7) is 4.13. The summed E-state index contributed by atoms with van der Waals surface area (Å²) in [7, 11) is 0. The van der Waals surface area contributed by atoms with E-state index >= 15 is 0 Å². The van der Waals surface area contributed by atoms with E-state index in [4.69, 9.17) is 5.73 Å². The predicted molar refractivity (Wildman–Crippen MR) is 88.0 cm³/mol. The number of carbonyl (C=O) groups excluding carboxylic acids is 1. The van der Waals surface area contributed by atoms with Crippen molar-refractivity contribution in [1.29, 1.82) is 0 Å². The minimum Gasteiger partial charge on any atom is -0.349 e. The lowest BCUT2D eigenvalue weighted by Gasteiger charge is -2.46. The van der Waals surface area contributed by atoms with Crippen LogP contribution in [-0.4, -0.2) is 57.0 Å². The van der Waals surface area contributed by atoms with Crippen molar-refractivity contribution >= 4 is 22.8 Å². The van der Waals surface area contributed by atoms with E-state index in [1.54, 1.807) is 6.33 Å². The highest BCUT2D eigenvalue weighted by atomic mass is 16.2. The molecule has 0 radical (unpaired) electrons. The molecular weight excluding hydrogens is 292 g/mol. The van der Waals surface area contributed by atoms with Crippen molar-refractivity contribution in [3.05, 3.63) is 18.6 Å². The largest absolute Gasteiger partial charge is 0.349 e. The first-order valence-corrected chi connectivity index (χ1v) is 8.20. The Morgan fingerprint density at radius 2 is 2.30 bits per heavy atom. The van der Waals surface area contributed by atoms with Gasteiger partial charge in [-0.25, -0.2) is 9.97 Å². The Morgan fingerprint density at radius 1 is 1.48 bits per heavy atom. The van der Waals surface area contributed by atoms with E-state index in [1.807, 2.05) is 12.3 Å². The average Bonchev–Trinajstić information content (AvgIpc) is 3.13. The summed E-state index contributed by atoms with van der Waals surface area (Å²) in [6, 6.07) is 2.24. The van der Waals surface area contributed by atoms with Gasteiger partial charge in [-0.05, 0) is 25.8 Å². The lowest BCUT2D eigenvalue weighted by Crippen LogP contribution is -2.61. The lowest BCUT2D eigenvalue weighted by molar-refractivity contribution is -0.135.